The van der Waals surface area contributed by atoms with Crippen molar-refractivity contribution in [1.29, 1.82) is 0 Å². The van der Waals surface area contributed by atoms with E-state index in [1.165, 1.54) is 78.4 Å². The minimum absolute atomic E-state index is 0.229. The monoisotopic (exact) mass is 490 g/mol. The average Bonchev–Trinajstić information content (AvgIpc) is 2.92. The molecule has 0 fully saturated rings. The molecule has 0 N–H and O–H groups in total. The lowest BCUT2D eigenvalue weighted by atomic mass is 9.73. The van der Waals surface area contributed by atoms with Crippen LogP contribution in [0, 0.1) is 0 Å². The Balaban J connectivity index is 1.50. The highest BCUT2D eigenvalue weighted by atomic mass is 16.5. The van der Waals surface area contributed by atoms with Gasteiger partial charge >= 0.3 is 0 Å². The van der Waals surface area contributed by atoms with Gasteiger partial charge < -0.3 is 28.4 Å². The van der Waals surface area contributed by atoms with Crippen LogP contribution < -0.4 is 0 Å². The first-order chi connectivity index (χ1) is 17.9. The number of allylic oxidation sites excluding steroid dienone is 9. The minimum atomic E-state index is -0.229. The summed E-state index contributed by atoms with van der Waals surface area (Å²) in [5.74, 6) is 1.06. The number of hydrogen-bond donors (Lipinski definition) is 0. The summed E-state index contributed by atoms with van der Waals surface area (Å²) in [4.78, 5) is 0. The Morgan fingerprint density at radius 3 is 2.53 bits per heavy atom. The molecule has 0 saturated heterocycles. The summed E-state index contributed by atoms with van der Waals surface area (Å²) in [5.41, 5.74) is 8.08. The van der Waals surface area contributed by atoms with E-state index in [9.17, 15) is 0 Å². The first-order valence-corrected chi connectivity index (χ1v) is 12.9. The van der Waals surface area contributed by atoms with E-state index < -0.39 is 0 Å². The Kier molecular flexibility index (Phi) is 8.47. The van der Waals surface area contributed by atoms with Gasteiger partial charge in [0.1, 0.15) is 62.6 Å². The summed E-state index contributed by atoms with van der Waals surface area (Å²) in [6, 6.07) is 0. The second-order valence-electron chi connectivity index (χ2n) is 9.07. The SMILES string of the molecule is C1=CCC2=C3C4=C(CCC5=C4CCCC5)OCCOCCOC=COC=COC=COC3C=CC2=C1. The van der Waals surface area contributed by atoms with Crippen LogP contribution in [-0.2, 0) is 28.4 Å². The van der Waals surface area contributed by atoms with E-state index in [1.54, 1.807) is 11.8 Å². The largest absolute Gasteiger partial charge is 0.496 e. The fourth-order valence-electron chi connectivity index (χ4n) is 5.30. The third kappa shape index (κ3) is 5.88. The van der Waals surface area contributed by atoms with Gasteiger partial charge in [-0.05, 0) is 61.3 Å². The molecule has 36 heavy (non-hydrogen) atoms. The molecule has 0 aromatic heterocycles. The van der Waals surface area contributed by atoms with Crippen LogP contribution in [-0.4, -0.2) is 32.5 Å². The number of fused-ring (bicyclic) bond motifs is 4. The second kappa shape index (κ2) is 12.5. The molecule has 1 aliphatic heterocycles. The van der Waals surface area contributed by atoms with E-state index in [-0.39, 0.29) is 6.10 Å². The summed E-state index contributed by atoms with van der Waals surface area (Å²) >= 11 is 0. The molecule has 190 valence electrons. The molecule has 1 heterocycles. The Bertz CT molecular complexity index is 1080. The maximum atomic E-state index is 6.45. The Morgan fingerprint density at radius 1 is 0.750 bits per heavy atom. The van der Waals surface area contributed by atoms with Crippen molar-refractivity contribution in [2.45, 2.75) is 51.0 Å². The van der Waals surface area contributed by atoms with Crippen molar-refractivity contribution in [2.24, 2.45) is 0 Å². The quantitative estimate of drug-likeness (QED) is 0.384. The first-order valence-electron chi connectivity index (χ1n) is 12.9. The maximum absolute atomic E-state index is 6.45. The Labute approximate surface area is 213 Å². The summed E-state index contributed by atoms with van der Waals surface area (Å²) in [5, 5.41) is 0. The lowest BCUT2D eigenvalue weighted by Gasteiger charge is -2.35. The van der Waals surface area contributed by atoms with Crippen molar-refractivity contribution in [2.75, 3.05) is 26.4 Å². The van der Waals surface area contributed by atoms with Crippen LogP contribution in [0.25, 0.3) is 0 Å². The predicted molar refractivity (Wildman–Crippen MR) is 137 cm³/mol. The van der Waals surface area contributed by atoms with E-state index in [4.69, 9.17) is 28.4 Å². The second-order valence-corrected chi connectivity index (χ2v) is 9.07. The normalized spacial score (nSPS) is 25.1. The third-order valence-corrected chi connectivity index (χ3v) is 6.88. The molecule has 1 unspecified atom stereocenters. The van der Waals surface area contributed by atoms with Crippen molar-refractivity contribution in [1.82, 2.24) is 0 Å². The highest BCUT2D eigenvalue weighted by molar-refractivity contribution is 5.65. The molecule has 0 aromatic carbocycles. The fraction of sp³-hybridized carbons (Fsp3) is 0.400. The van der Waals surface area contributed by atoms with Crippen molar-refractivity contribution in [3.8, 4) is 0 Å². The molecule has 5 rings (SSSR count). The van der Waals surface area contributed by atoms with Gasteiger partial charge in [0.05, 0.1) is 13.2 Å². The molecule has 0 bridgehead atoms. The van der Waals surface area contributed by atoms with Crippen LogP contribution in [0.2, 0.25) is 0 Å². The third-order valence-electron chi connectivity index (χ3n) is 6.88. The van der Waals surface area contributed by atoms with E-state index in [1.807, 2.05) is 0 Å². The summed E-state index contributed by atoms with van der Waals surface area (Å²) < 4.78 is 34.3. The van der Waals surface area contributed by atoms with Crippen molar-refractivity contribution >= 4 is 0 Å². The van der Waals surface area contributed by atoms with Crippen LogP contribution >= 0.6 is 0 Å². The maximum Gasteiger partial charge on any atom is 0.143 e. The smallest absolute Gasteiger partial charge is 0.143 e. The van der Waals surface area contributed by atoms with Crippen LogP contribution in [0.3, 0.4) is 0 Å². The van der Waals surface area contributed by atoms with Crippen molar-refractivity contribution in [3.05, 3.63) is 107 Å². The molecule has 0 spiro atoms. The van der Waals surface area contributed by atoms with Gasteiger partial charge in [0.2, 0.25) is 0 Å². The molecule has 6 heteroatoms. The highest BCUT2D eigenvalue weighted by Gasteiger charge is 2.34. The van der Waals surface area contributed by atoms with Gasteiger partial charge in [0.25, 0.3) is 0 Å². The number of rotatable bonds is 0. The van der Waals surface area contributed by atoms with E-state index >= 15 is 0 Å². The minimum Gasteiger partial charge on any atom is -0.496 e. The zero-order chi connectivity index (χ0) is 24.4. The van der Waals surface area contributed by atoms with E-state index in [2.05, 4.69) is 30.4 Å². The molecule has 0 aromatic rings. The Morgan fingerprint density at radius 2 is 1.58 bits per heavy atom. The standard InChI is InChI=1S/C30H34O6/c1-3-7-25-23(5-1)9-11-27-29(25)30-26-8-4-2-6-24(26)10-12-28(30)36-22-20-34-18-16-32-14-13-31-15-17-33-19-21-35-27/h1,3,5,9,11,13-15,17,19,21,27H,2,4,6-8,10,12,16,18,20,22H2. The molecule has 4 aliphatic carbocycles. The topological polar surface area (TPSA) is 55.4 Å². The molecule has 1 atom stereocenters. The van der Waals surface area contributed by atoms with Crippen LogP contribution in [0.1, 0.15) is 44.9 Å². The lowest BCUT2D eigenvalue weighted by molar-refractivity contribution is 0.0468. The molecular weight excluding hydrogens is 456 g/mol. The van der Waals surface area contributed by atoms with E-state index in [0.717, 1.165) is 31.4 Å². The van der Waals surface area contributed by atoms with Gasteiger partial charge in [-0.25, -0.2) is 0 Å². The van der Waals surface area contributed by atoms with Gasteiger partial charge in [0.15, 0.2) is 0 Å². The molecule has 0 amide bonds. The van der Waals surface area contributed by atoms with Gasteiger partial charge in [-0.2, -0.15) is 0 Å². The van der Waals surface area contributed by atoms with Crippen molar-refractivity contribution in [3.63, 3.8) is 0 Å². The average molecular weight is 491 g/mol. The van der Waals surface area contributed by atoms with Crippen LogP contribution in [0.4, 0.5) is 0 Å². The number of ether oxygens (including phenoxy) is 6. The lowest BCUT2D eigenvalue weighted by Crippen LogP contribution is -2.24. The van der Waals surface area contributed by atoms with Crippen molar-refractivity contribution < 1.29 is 28.4 Å². The van der Waals surface area contributed by atoms with Crippen LogP contribution in [0.15, 0.2) is 107 Å². The molecule has 0 radical (unpaired) electrons. The van der Waals surface area contributed by atoms with Gasteiger partial charge in [-0.1, -0.05) is 29.9 Å². The molecule has 6 nitrogen and oxygen atoms in total. The molecule has 5 aliphatic rings. The number of hydrogen-bond acceptors (Lipinski definition) is 6. The fourth-order valence-corrected chi connectivity index (χ4v) is 5.30. The van der Waals surface area contributed by atoms with Gasteiger partial charge in [-0.15, -0.1) is 0 Å². The molecular formula is C30H34O6. The zero-order valence-corrected chi connectivity index (χ0v) is 20.7. The Hall–Kier alpha value is -3.38. The van der Waals surface area contributed by atoms with Gasteiger partial charge in [-0.3, -0.25) is 0 Å². The zero-order valence-electron chi connectivity index (χ0n) is 20.7. The molecule has 0 saturated carbocycles. The summed E-state index contributed by atoms with van der Waals surface area (Å²) in [7, 11) is 0. The van der Waals surface area contributed by atoms with E-state index in [0.29, 0.717) is 26.4 Å². The van der Waals surface area contributed by atoms with Crippen LogP contribution in [0.5, 0.6) is 0 Å². The summed E-state index contributed by atoms with van der Waals surface area (Å²) in [6.07, 6.45) is 27.1. The van der Waals surface area contributed by atoms with Gasteiger partial charge in [0, 0.05) is 17.6 Å². The highest BCUT2D eigenvalue weighted by Crippen LogP contribution is 2.47. The predicted octanol–water partition coefficient (Wildman–Crippen LogP) is 6.55. The first kappa shape index (κ1) is 24.3. The summed E-state index contributed by atoms with van der Waals surface area (Å²) in [6.45, 7) is 1.94.